The van der Waals surface area contributed by atoms with Gasteiger partial charge in [0, 0.05) is 38.4 Å². The van der Waals surface area contributed by atoms with E-state index < -0.39 is 24.2 Å². The van der Waals surface area contributed by atoms with Crippen LogP contribution >= 0.6 is 0 Å². The summed E-state index contributed by atoms with van der Waals surface area (Å²) in [6, 6.07) is 34.8. The summed E-state index contributed by atoms with van der Waals surface area (Å²) < 4.78 is 80.6. The molecule has 0 aliphatic heterocycles. The lowest BCUT2D eigenvalue weighted by molar-refractivity contribution is 0.670. The zero-order valence-corrected chi connectivity index (χ0v) is 24.3. The van der Waals surface area contributed by atoms with Gasteiger partial charge in [0.05, 0.1) is 22.0 Å². The number of para-hydroxylation sites is 3. The Hall–Kier alpha value is -6.12. The molecule has 2 aromatic heterocycles. The van der Waals surface area contributed by atoms with E-state index in [1.165, 1.54) is 0 Å². The maximum absolute atomic E-state index is 9.45. The number of fused-ring (bicyclic) bond motifs is 8. The van der Waals surface area contributed by atoms with Crippen LogP contribution in [0, 0.1) is 0 Å². The molecule has 0 bridgehead atoms. The Morgan fingerprint density at radius 3 is 2.00 bits per heavy atom. The molecule has 0 N–H and O–H groups in total. The topological polar surface area (TPSA) is 18.1 Å². The summed E-state index contributed by atoms with van der Waals surface area (Å²) >= 11 is 0. The van der Waals surface area contributed by atoms with Crippen LogP contribution in [0.25, 0.3) is 93.2 Å². The van der Waals surface area contributed by atoms with Crippen molar-refractivity contribution in [1.82, 2.24) is 4.57 Å². The van der Waals surface area contributed by atoms with Crippen LogP contribution in [-0.2, 0) is 0 Å². The molecule has 0 saturated carbocycles. The molecule has 10 aromatic rings. The highest BCUT2D eigenvalue weighted by Gasteiger charge is 2.23. The molecule has 0 unspecified atom stereocenters. The normalized spacial score (nSPS) is 14.3. The molecule has 0 aliphatic carbocycles. The van der Waals surface area contributed by atoms with Crippen LogP contribution in [0.1, 0.15) is 11.0 Å². The predicted molar refractivity (Wildman–Crippen MR) is 194 cm³/mol. The Balaban J connectivity index is 1.45. The van der Waals surface area contributed by atoms with E-state index in [1.807, 2.05) is 109 Å². The third kappa shape index (κ3) is 3.59. The van der Waals surface area contributed by atoms with Crippen molar-refractivity contribution in [1.29, 1.82) is 0 Å². The number of hydrogen-bond acceptors (Lipinski definition) is 1. The third-order valence-electron chi connectivity index (χ3n) is 9.01. The van der Waals surface area contributed by atoms with E-state index in [9.17, 15) is 4.11 Å². The monoisotopic (exact) mass is 593 g/mol. The lowest BCUT2D eigenvalue weighted by Gasteiger charge is -2.15. The van der Waals surface area contributed by atoms with Gasteiger partial charge in [-0.15, -0.1) is 0 Å². The quantitative estimate of drug-likeness (QED) is 0.199. The Kier molecular flexibility index (Phi) is 3.92. The first-order chi connectivity index (χ1) is 26.2. The summed E-state index contributed by atoms with van der Waals surface area (Å²) in [6.45, 7) is 0. The van der Waals surface area contributed by atoms with Crippen molar-refractivity contribution in [3.63, 3.8) is 0 Å². The summed E-state index contributed by atoms with van der Waals surface area (Å²) in [6.07, 6.45) is 0. The minimum atomic E-state index is -0.440. The van der Waals surface area contributed by atoms with Crippen molar-refractivity contribution in [2.24, 2.45) is 0 Å². The molecule has 0 spiro atoms. The minimum Gasteiger partial charge on any atom is -0.455 e. The van der Waals surface area contributed by atoms with E-state index in [1.54, 1.807) is 0 Å². The molecule has 2 nitrogen and oxygen atoms in total. The Morgan fingerprint density at radius 2 is 1.13 bits per heavy atom. The van der Waals surface area contributed by atoms with Gasteiger partial charge in [0.15, 0.2) is 0 Å². The number of benzene rings is 8. The van der Waals surface area contributed by atoms with Crippen LogP contribution in [-0.4, -0.2) is 4.57 Å². The van der Waals surface area contributed by atoms with Gasteiger partial charge in [-0.3, -0.25) is 0 Å². The molecule has 0 saturated heterocycles. The van der Waals surface area contributed by atoms with Crippen molar-refractivity contribution >= 4 is 65.3 Å². The number of rotatable bonds is 3. The first-order valence-corrected chi connectivity index (χ1v) is 15.1. The molecule has 8 aromatic carbocycles. The van der Waals surface area contributed by atoms with Gasteiger partial charge >= 0.3 is 0 Å². The fourth-order valence-electron chi connectivity index (χ4n) is 7.05. The Morgan fingerprint density at radius 1 is 0.478 bits per heavy atom. The molecule has 0 amide bonds. The van der Waals surface area contributed by atoms with Crippen molar-refractivity contribution in [3.05, 3.63) is 164 Å². The van der Waals surface area contributed by atoms with E-state index in [2.05, 4.69) is 10.6 Å². The molecule has 46 heavy (non-hydrogen) atoms. The average molecular weight is 594 g/mol. The van der Waals surface area contributed by atoms with E-state index in [0.717, 1.165) is 38.3 Å². The van der Waals surface area contributed by atoms with Gasteiger partial charge in [-0.25, -0.2) is 0 Å². The molecule has 2 heterocycles. The van der Waals surface area contributed by atoms with E-state index in [0.29, 0.717) is 27.6 Å². The van der Waals surface area contributed by atoms with Crippen LogP contribution in [0.2, 0.25) is 0 Å². The van der Waals surface area contributed by atoms with Crippen molar-refractivity contribution < 1.29 is 15.4 Å². The van der Waals surface area contributed by atoms with E-state index in [4.69, 9.17) is 11.3 Å². The fraction of sp³-hybridized carbons (Fsp3) is 0. The zero-order valence-electron chi connectivity index (χ0n) is 32.3. The average Bonchev–Trinajstić information content (AvgIpc) is 3.76. The fourth-order valence-corrected chi connectivity index (χ4v) is 7.05. The van der Waals surface area contributed by atoms with Crippen LogP contribution in [0.5, 0.6) is 0 Å². The largest absolute Gasteiger partial charge is 0.455 e. The van der Waals surface area contributed by atoms with Gasteiger partial charge in [0.2, 0.25) is 0 Å². The summed E-state index contributed by atoms with van der Waals surface area (Å²) in [7, 11) is 0. The van der Waals surface area contributed by atoms with Crippen molar-refractivity contribution in [3.8, 4) is 27.9 Å². The van der Waals surface area contributed by atoms with E-state index in [-0.39, 0.29) is 51.5 Å². The molecule has 0 atom stereocenters. The first kappa shape index (κ1) is 18.6. The van der Waals surface area contributed by atoms with Crippen LogP contribution in [0.4, 0.5) is 0 Å². The van der Waals surface area contributed by atoms with Gasteiger partial charge in [0.1, 0.15) is 11.2 Å². The summed E-state index contributed by atoms with van der Waals surface area (Å²) in [5.41, 5.74) is 5.08. The second-order valence-electron chi connectivity index (χ2n) is 11.5. The molecule has 0 aliphatic rings. The molecule has 0 fully saturated rings. The maximum atomic E-state index is 9.45. The van der Waals surface area contributed by atoms with Gasteiger partial charge in [0.25, 0.3) is 0 Å². The highest BCUT2D eigenvalue weighted by Crippen LogP contribution is 2.48. The summed E-state index contributed by atoms with van der Waals surface area (Å²) in [4.78, 5) is 0. The number of nitrogens with zero attached hydrogens (tertiary/aromatic N) is 1. The zero-order chi connectivity index (χ0) is 37.2. The summed E-state index contributed by atoms with van der Waals surface area (Å²) in [5, 5.41) is 4.74. The molecule has 2 heteroatoms. The number of hydrogen-bond donors (Lipinski definition) is 0. The smallest absolute Gasteiger partial charge is 0.144 e. The predicted octanol–water partition coefficient (Wildman–Crippen LogP) is 12.3. The number of aromatic nitrogens is 1. The highest BCUT2D eigenvalue weighted by molar-refractivity contribution is 6.27. The van der Waals surface area contributed by atoms with E-state index >= 15 is 0 Å². The number of furan rings is 1. The molecular weight excluding hydrogens is 558 g/mol. The Labute approximate surface area is 276 Å². The standard InChI is InChI=1S/C44H27NO/c1-2-14-32(15-3-1)45-38-20-10-8-16-33(38)37-27-31(24-25-39(37)45)41-34-17-6-7-18-35(34)42(30-23-22-28-12-4-5-13-29(28)26-30)44-43(41)36-19-9-11-21-40(36)46-44/h1-27H/i6D,7D,9D,11D,17D,18D,19D,21D. The SMILES string of the molecule is [2H]c1c([2H])c([2H])c2c(oc3c(-c4ccc5ccccc5c4)c4c([2H])c([2H])c([2H])c([2H])c4c(-c4ccc5c(c4)c4ccccc4n5-c4ccccc4)c32)c1[2H]. The van der Waals surface area contributed by atoms with Crippen molar-refractivity contribution in [2.75, 3.05) is 0 Å². The Bertz CT molecular complexity index is 3260. The third-order valence-corrected chi connectivity index (χ3v) is 9.01. The van der Waals surface area contributed by atoms with Crippen LogP contribution < -0.4 is 0 Å². The molecule has 0 radical (unpaired) electrons. The van der Waals surface area contributed by atoms with Crippen LogP contribution in [0.3, 0.4) is 0 Å². The molecule has 214 valence electrons. The molecular formula is C44H27NO. The molecule has 10 rings (SSSR count). The first-order valence-electron chi connectivity index (χ1n) is 19.1. The minimum absolute atomic E-state index is 0.0494. The second-order valence-corrected chi connectivity index (χ2v) is 11.5. The highest BCUT2D eigenvalue weighted by atomic mass is 16.3. The van der Waals surface area contributed by atoms with Gasteiger partial charge in [-0.05, 0) is 75.1 Å². The van der Waals surface area contributed by atoms with Gasteiger partial charge in [-0.1, -0.05) is 121 Å². The maximum Gasteiger partial charge on any atom is 0.144 e. The van der Waals surface area contributed by atoms with Crippen LogP contribution in [0.15, 0.2) is 168 Å². The lowest BCUT2D eigenvalue weighted by atomic mass is 9.87. The van der Waals surface area contributed by atoms with Crippen molar-refractivity contribution in [2.45, 2.75) is 0 Å². The van der Waals surface area contributed by atoms with Gasteiger partial charge < -0.3 is 8.98 Å². The lowest BCUT2D eigenvalue weighted by Crippen LogP contribution is -1.93. The van der Waals surface area contributed by atoms with Gasteiger partial charge in [-0.2, -0.15) is 0 Å². The summed E-state index contributed by atoms with van der Waals surface area (Å²) in [5.74, 6) is 0. The second kappa shape index (κ2) is 9.69.